The number of allylic oxidation sites excluding steroid dienone is 1. The van der Waals surface area contributed by atoms with Crippen LogP contribution in [0.2, 0.25) is 5.15 Å². The smallest absolute Gasteiger partial charge is 0.287 e. The van der Waals surface area contributed by atoms with E-state index in [2.05, 4.69) is 16.7 Å². The molecule has 0 saturated heterocycles. The van der Waals surface area contributed by atoms with Gasteiger partial charge in [0, 0.05) is 18.7 Å². The minimum atomic E-state index is -4.60. The molecule has 3 heterocycles. The lowest BCUT2D eigenvalue weighted by Crippen LogP contribution is -2.25. The predicted octanol–water partition coefficient (Wildman–Crippen LogP) is 3.95. The van der Waals surface area contributed by atoms with Crippen molar-refractivity contribution in [3.05, 3.63) is 50.5 Å². The van der Waals surface area contributed by atoms with E-state index in [1.807, 2.05) is 0 Å². The maximum Gasteiger partial charge on any atom is 0.433 e. The topological polar surface area (TPSA) is 52.7 Å². The van der Waals surface area contributed by atoms with E-state index in [4.69, 9.17) is 11.6 Å². The van der Waals surface area contributed by atoms with E-state index in [1.54, 1.807) is 0 Å². The van der Waals surface area contributed by atoms with E-state index in [0.717, 1.165) is 30.2 Å². The van der Waals surface area contributed by atoms with Gasteiger partial charge in [0.25, 0.3) is 5.56 Å². The monoisotopic (exact) mass is 390 g/mol. The van der Waals surface area contributed by atoms with E-state index in [1.165, 1.54) is 22.4 Å². The van der Waals surface area contributed by atoms with Crippen LogP contribution >= 0.6 is 23.4 Å². The van der Waals surface area contributed by atoms with Crippen LogP contribution in [0.4, 0.5) is 13.2 Å². The number of hydrogen-bond donors (Lipinski definition) is 0. The van der Waals surface area contributed by atoms with Gasteiger partial charge in [0.1, 0.15) is 5.69 Å². The molecule has 0 radical (unpaired) electrons. The zero-order valence-corrected chi connectivity index (χ0v) is 14.6. The molecule has 0 aromatic carbocycles. The highest BCUT2D eigenvalue weighted by atomic mass is 35.5. The minimum Gasteiger partial charge on any atom is -0.287 e. The zero-order chi connectivity index (χ0) is 18.2. The summed E-state index contributed by atoms with van der Waals surface area (Å²) in [5.74, 6) is 0. The molecular formula is C15H14ClF3N4OS. The van der Waals surface area contributed by atoms with Crippen molar-refractivity contribution in [1.82, 2.24) is 19.3 Å². The Balaban J connectivity index is 1.98. The van der Waals surface area contributed by atoms with Crippen LogP contribution in [-0.4, -0.2) is 19.3 Å². The third-order valence-electron chi connectivity index (χ3n) is 3.70. The number of alkyl halides is 3. The van der Waals surface area contributed by atoms with Crippen molar-refractivity contribution in [2.75, 3.05) is 0 Å². The Bertz CT molecular complexity index is 875. The number of thioether (sulfide) groups is 1. The number of rotatable bonds is 2. The van der Waals surface area contributed by atoms with Crippen LogP contribution in [0.5, 0.6) is 0 Å². The molecule has 1 aliphatic heterocycles. The lowest BCUT2D eigenvalue weighted by molar-refractivity contribution is -0.144. The third kappa shape index (κ3) is 4.09. The van der Waals surface area contributed by atoms with Gasteiger partial charge in [0.2, 0.25) is 0 Å². The summed E-state index contributed by atoms with van der Waals surface area (Å²) in [6, 6.07) is 1.99. The first kappa shape index (κ1) is 18.1. The fourth-order valence-electron chi connectivity index (χ4n) is 2.55. The molecule has 0 aliphatic carbocycles. The second-order valence-electron chi connectivity index (χ2n) is 5.63. The van der Waals surface area contributed by atoms with E-state index < -0.39 is 11.9 Å². The number of halogens is 4. The summed E-state index contributed by atoms with van der Waals surface area (Å²) >= 11 is 6.89. The predicted molar refractivity (Wildman–Crippen MR) is 88.7 cm³/mol. The highest BCUT2D eigenvalue weighted by molar-refractivity contribution is 8.02. The maximum absolute atomic E-state index is 13.0. The molecule has 2 aromatic rings. The van der Waals surface area contributed by atoms with Crippen molar-refractivity contribution >= 4 is 23.4 Å². The number of aromatic nitrogens is 4. The molecule has 0 spiro atoms. The molecule has 0 unspecified atom stereocenters. The summed E-state index contributed by atoms with van der Waals surface area (Å²) in [7, 11) is 0. The molecule has 0 bridgehead atoms. The summed E-state index contributed by atoms with van der Waals surface area (Å²) in [4.78, 5) is 17.6. The van der Waals surface area contributed by atoms with Gasteiger partial charge in [-0.2, -0.15) is 18.3 Å². The summed E-state index contributed by atoms with van der Waals surface area (Å²) in [6.07, 6.45) is -2.03. The normalized spacial score (nSPS) is 15.6. The molecule has 1 aliphatic rings. The van der Waals surface area contributed by atoms with Crippen molar-refractivity contribution in [3.8, 4) is 0 Å². The maximum atomic E-state index is 13.0. The second-order valence-corrected chi connectivity index (χ2v) is 7.16. The van der Waals surface area contributed by atoms with Crippen molar-refractivity contribution < 1.29 is 13.2 Å². The van der Waals surface area contributed by atoms with Gasteiger partial charge in [-0.3, -0.25) is 14.0 Å². The zero-order valence-electron chi connectivity index (χ0n) is 13.0. The van der Waals surface area contributed by atoms with Gasteiger partial charge in [-0.15, -0.1) is 0 Å². The van der Waals surface area contributed by atoms with Gasteiger partial charge in [-0.25, -0.2) is 4.98 Å². The summed E-state index contributed by atoms with van der Waals surface area (Å²) in [5.41, 5.74) is -1.08. The third-order valence-corrected chi connectivity index (χ3v) is 4.87. The largest absolute Gasteiger partial charge is 0.433 e. The van der Waals surface area contributed by atoms with Gasteiger partial charge in [0.15, 0.2) is 10.3 Å². The fourth-order valence-corrected chi connectivity index (χ4v) is 3.71. The van der Waals surface area contributed by atoms with E-state index in [9.17, 15) is 18.0 Å². The summed E-state index contributed by atoms with van der Waals surface area (Å²) in [5, 5.41) is 3.83. The van der Waals surface area contributed by atoms with Crippen molar-refractivity contribution in [3.63, 3.8) is 0 Å². The first-order valence-corrected chi connectivity index (χ1v) is 8.70. The molecule has 5 nitrogen and oxygen atoms in total. The Kier molecular flexibility index (Phi) is 4.97. The molecule has 2 aromatic heterocycles. The number of hydrogen-bond acceptors (Lipinski definition) is 4. The molecule has 134 valence electrons. The first-order chi connectivity index (χ1) is 11.7. The Hall–Kier alpha value is -1.74. The number of nitrogens with zero attached hydrogens (tertiary/aromatic N) is 4. The molecule has 3 rings (SSSR count). The molecule has 10 heteroatoms. The lowest BCUT2D eigenvalue weighted by atomic mass is 10.2. The lowest BCUT2D eigenvalue weighted by Gasteiger charge is -2.17. The molecule has 0 atom stereocenters. The van der Waals surface area contributed by atoms with E-state index in [-0.39, 0.29) is 23.0 Å². The van der Waals surface area contributed by atoms with Crippen LogP contribution in [0.1, 0.15) is 30.7 Å². The van der Waals surface area contributed by atoms with Gasteiger partial charge < -0.3 is 0 Å². The van der Waals surface area contributed by atoms with Crippen LogP contribution in [-0.2, 0) is 19.3 Å². The van der Waals surface area contributed by atoms with Crippen molar-refractivity contribution in [2.45, 2.75) is 43.7 Å². The Morgan fingerprint density at radius 2 is 2.08 bits per heavy atom. The highest BCUT2D eigenvalue weighted by Crippen LogP contribution is 2.32. The quantitative estimate of drug-likeness (QED) is 0.728. The SMILES string of the molecule is C=C1CCCCn2c(nc(Cn3nc(Cl)cc3C(F)(F)F)cc2=O)S1. The number of fused-ring (bicyclic) bond motifs is 1. The molecule has 0 saturated carbocycles. The van der Waals surface area contributed by atoms with Gasteiger partial charge >= 0.3 is 6.18 Å². The van der Waals surface area contributed by atoms with Crippen molar-refractivity contribution in [1.29, 1.82) is 0 Å². The average Bonchev–Trinajstić information content (AvgIpc) is 2.84. The molecule has 0 fully saturated rings. The van der Waals surface area contributed by atoms with Crippen LogP contribution in [0.3, 0.4) is 0 Å². The van der Waals surface area contributed by atoms with E-state index in [0.29, 0.717) is 16.4 Å². The van der Waals surface area contributed by atoms with Crippen LogP contribution in [0.15, 0.2) is 33.6 Å². The van der Waals surface area contributed by atoms with Crippen molar-refractivity contribution in [2.24, 2.45) is 0 Å². The van der Waals surface area contributed by atoms with Crippen LogP contribution in [0, 0.1) is 0 Å². The van der Waals surface area contributed by atoms with E-state index >= 15 is 0 Å². The second kappa shape index (κ2) is 6.87. The first-order valence-electron chi connectivity index (χ1n) is 7.51. The van der Waals surface area contributed by atoms with Crippen LogP contribution < -0.4 is 5.56 Å². The average molecular weight is 391 g/mol. The Morgan fingerprint density at radius 3 is 2.80 bits per heavy atom. The molecule has 0 N–H and O–H groups in total. The van der Waals surface area contributed by atoms with Gasteiger partial charge in [0.05, 0.1) is 12.2 Å². The Labute approximate surface area is 150 Å². The standard InChI is InChI=1S/C15H14ClF3N4OS/c1-9-4-2-3-5-22-13(24)6-10(20-14(22)25-9)8-23-11(15(17,18)19)7-12(16)21-23/h6-7H,1-5,8H2. The molecule has 25 heavy (non-hydrogen) atoms. The van der Waals surface area contributed by atoms with Gasteiger partial charge in [-0.1, -0.05) is 29.9 Å². The fraction of sp³-hybridized carbons (Fsp3) is 0.400. The summed E-state index contributed by atoms with van der Waals surface area (Å²) < 4.78 is 41.4. The Morgan fingerprint density at radius 1 is 1.32 bits per heavy atom. The molecular weight excluding hydrogens is 377 g/mol. The highest BCUT2D eigenvalue weighted by Gasteiger charge is 2.35. The van der Waals surface area contributed by atoms with Gasteiger partial charge in [-0.05, 0) is 24.2 Å². The van der Waals surface area contributed by atoms with Crippen LogP contribution in [0.25, 0.3) is 0 Å². The molecule has 0 amide bonds. The minimum absolute atomic E-state index is 0.197. The summed E-state index contributed by atoms with van der Waals surface area (Å²) in [6.45, 7) is 4.17.